The van der Waals surface area contributed by atoms with E-state index in [1.807, 2.05) is 23.5 Å². The van der Waals surface area contributed by atoms with Crippen molar-refractivity contribution in [2.24, 2.45) is 0 Å². The minimum atomic E-state index is 0.878. The predicted molar refractivity (Wildman–Crippen MR) is 194 cm³/mol. The van der Waals surface area contributed by atoms with E-state index < -0.39 is 0 Å². The summed E-state index contributed by atoms with van der Waals surface area (Å²) >= 11 is 1.85. The minimum Gasteiger partial charge on any atom is -0.133 e. The van der Waals surface area contributed by atoms with Crippen molar-refractivity contribution in [1.29, 1.82) is 0 Å². The lowest BCUT2D eigenvalue weighted by molar-refractivity contribution is 1.45. The van der Waals surface area contributed by atoms with Crippen molar-refractivity contribution in [3.8, 4) is 22.3 Å². The van der Waals surface area contributed by atoms with Crippen molar-refractivity contribution < 1.29 is 0 Å². The fourth-order valence-electron chi connectivity index (χ4n) is 6.48. The van der Waals surface area contributed by atoms with Gasteiger partial charge in [0, 0.05) is 26.3 Å². The van der Waals surface area contributed by atoms with Crippen molar-refractivity contribution in [1.82, 2.24) is 0 Å². The van der Waals surface area contributed by atoms with E-state index in [2.05, 4.69) is 158 Å². The van der Waals surface area contributed by atoms with Gasteiger partial charge >= 0.3 is 0 Å². The molecule has 0 fully saturated rings. The third-order valence-electron chi connectivity index (χ3n) is 8.58. The molecule has 0 saturated heterocycles. The summed E-state index contributed by atoms with van der Waals surface area (Å²) < 4.78 is 1.28. The Morgan fingerprint density at radius 3 is 2.09 bits per heavy atom. The Bertz CT molecular complexity index is 2590. The summed E-state index contributed by atoms with van der Waals surface area (Å²) in [6.45, 7) is 6.73. The van der Waals surface area contributed by atoms with Crippen LogP contribution in [-0.2, 0) is 0 Å². The van der Waals surface area contributed by atoms with E-state index in [0.717, 1.165) is 38.3 Å². The Labute approximate surface area is 266 Å². The molecule has 0 nitrogen and oxygen atoms in total. The van der Waals surface area contributed by atoms with Gasteiger partial charge in [-0.2, -0.15) is 0 Å². The molecule has 1 aromatic heterocycles. The van der Waals surface area contributed by atoms with Gasteiger partial charge in [0.05, 0.1) is 10.4 Å². The second kappa shape index (κ2) is 11.1. The third kappa shape index (κ3) is 4.66. The lowest BCUT2D eigenvalue weighted by atomic mass is 9.93. The van der Waals surface area contributed by atoms with Gasteiger partial charge < -0.3 is 0 Å². The first kappa shape index (κ1) is 26.9. The molecule has 6 aromatic carbocycles. The van der Waals surface area contributed by atoms with Crippen LogP contribution in [0.5, 0.6) is 0 Å². The van der Waals surface area contributed by atoms with Gasteiger partial charge in [-0.1, -0.05) is 140 Å². The van der Waals surface area contributed by atoms with Crippen LogP contribution in [0.2, 0.25) is 0 Å². The lowest BCUT2D eigenvalue weighted by Crippen LogP contribution is -2.27. The van der Waals surface area contributed by atoms with Gasteiger partial charge in [-0.3, -0.25) is 0 Å². The molecule has 0 unspecified atom stereocenters. The zero-order chi connectivity index (χ0) is 30.3. The highest BCUT2D eigenvalue weighted by Gasteiger charge is 2.19. The zero-order valence-electron chi connectivity index (χ0n) is 24.9. The summed E-state index contributed by atoms with van der Waals surface area (Å²) in [4.78, 5) is 1.21. The van der Waals surface area contributed by atoms with E-state index in [-0.39, 0.29) is 0 Å². The maximum atomic E-state index is 4.54. The normalized spacial score (nSPS) is 15.0. The van der Waals surface area contributed by atoms with E-state index in [1.165, 1.54) is 47.6 Å². The van der Waals surface area contributed by atoms with Crippen LogP contribution in [0, 0.1) is 18.8 Å². The predicted octanol–water partition coefficient (Wildman–Crippen LogP) is 9.87. The van der Waals surface area contributed by atoms with Gasteiger partial charge in [-0.15, -0.1) is 17.1 Å². The molecule has 0 spiro atoms. The number of hydrogen-bond acceptors (Lipinski definition) is 1. The highest BCUT2D eigenvalue weighted by molar-refractivity contribution is 7.23. The van der Waals surface area contributed by atoms with Crippen molar-refractivity contribution in [2.45, 2.75) is 6.92 Å². The van der Waals surface area contributed by atoms with Crippen molar-refractivity contribution in [3.05, 3.63) is 184 Å². The van der Waals surface area contributed by atoms with Gasteiger partial charge in [-0.05, 0) is 74.4 Å². The molecule has 45 heavy (non-hydrogen) atoms. The molecule has 8 rings (SSSR count). The van der Waals surface area contributed by atoms with E-state index in [1.54, 1.807) is 0 Å². The molecule has 1 aliphatic carbocycles. The van der Waals surface area contributed by atoms with E-state index >= 15 is 0 Å². The van der Waals surface area contributed by atoms with E-state index in [4.69, 9.17) is 0 Å². The average molecular weight is 589 g/mol. The smallest absolute Gasteiger partial charge is 0.0520 e. The van der Waals surface area contributed by atoms with Crippen LogP contribution in [0.4, 0.5) is 0 Å². The van der Waals surface area contributed by atoms with Crippen molar-refractivity contribution in [2.75, 3.05) is 0 Å². The molecule has 0 atom stereocenters. The number of thiophene rings is 1. The molecule has 0 saturated carbocycles. The monoisotopic (exact) mass is 588 g/mol. The second-order valence-corrected chi connectivity index (χ2v) is 12.4. The van der Waals surface area contributed by atoms with Crippen LogP contribution in [0.15, 0.2) is 157 Å². The molecule has 0 bridgehead atoms. The summed E-state index contributed by atoms with van der Waals surface area (Å²) in [5.74, 6) is 7.29. The summed E-state index contributed by atoms with van der Waals surface area (Å²) in [6, 6.07) is 45.0. The molecule has 0 N–H and O–H groups in total. The zero-order valence-corrected chi connectivity index (χ0v) is 25.7. The molecule has 1 heterocycles. The summed E-state index contributed by atoms with van der Waals surface area (Å²) in [7, 11) is 0. The Balaban J connectivity index is 1.42. The highest BCUT2D eigenvalue weighted by Crippen LogP contribution is 2.46. The first-order valence-corrected chi connectivity index (χ1v) is 16.0. The summed E-state index contributed by atoms with van der Waals surface area (Å²) in [5, 5.41) is 8.41. The molecule has 0 amide bonds. The number of allylic oxidation sites excluding steroid dienone is 4. The summed E-state index contributed by atoms with van der Waals surface area (Å²) in [5.41, 5.74) is 11.1. The second-order valence-electron chi connectivity index (χ2n) is 11.4. The molecular formula is C44H28S. The number of fused-ring (bicyclic) bond motifs is 7. The Morgan fingerprint density at radius 2 is 1.29 bits per heavy atom. The first-order chi connectivity index (χ1) is 22.2. The van der Waals surface area contributed by atoms with Crippen molar-refractivity contribution >= 4 is 54.3 Å². The number of rotatable bonds is 2. The maximum absolute atomic E-state index is 4.54. The molecule has 210 valence electrons. The molecule has 1 heteroatoms. The fraction of sp³-hybridized carbons (Fsp3) is 0.0227. The molecule has 0 radical (unpaired) electrons. The molecular weight excluding hydrogens is 561 g/mol. The van der Waals surface area contributed by atoms with Gasteiger partial charge in [-0.25, -0.2) is 0 Å². The van der Waals surface area contributed by atoms with Crippen LogP contribution in [-0.4, -0.2) is 0 Å². The van der Waals surface area contributed by atoms with Gasteiger partial charge in [0.25, 0.3) is 0 Å². The van der Waals surface area contributed by atoms with E-state index in [0.29, 0.717) is 0 Å². The average Bonchev–Trinajstić information content (AvgIpc) is 3.46. The SMILES string of the molecule is C=C1/C=C(/C#Cc2c(-c3ccccc3C)sc3c4ccccc4c4ccccc4c23)C=C=c2cccc/c2=C/1c1ccccc1. The van der Waals surface area contributed by atoms with Gasteiger partial charge in [0.2, 0.25) is 0 Å². The quantitative estimate of drug-likeness (QED) is 0.139. The lowest BCUT2D eigenvalue weighted by Gasteiger charge is -2.10. The molecule has 7 aromatic rings. The Hall–Kier alpha value is -5.64. The standard InChI is InChI=1S/C44H28S/c1-29-14-6-8-18-34(29)43-40(42-38-22-12-10-20-36(38)37-21-11-13-23-39(37)44(42)45-43)27-25-31-24-26-32-15-7-9-19-35(32)41(30(2)28-31)33-16-4-3-5-17-33/h3-24,28H,2H2,1H3/b31-28+,41-35+. The largest absolute Gasteiger partial charge is 0.133 e. The van der Waals surface area contributed by atoms with Crippen LogP contribution in [0.1, 0.15) is 16.7 Å². The van der Waals surface area contributed by atoms with Gasteiger partial charge in [0.1, 0.15) is 0 Å². The van der Waals surface area contributed by atoms with Crippen LogP contribution < -0.4 is 10.4 Å². The Morgan fingerprint density at radius 1 is 0.644 bits per heavy atom. The topological polar surface area (TPSA) is 0 Å². The first-order valence-electron chi connectivity index (χ1n) is 15.1. The number of benzene rings is 6. The van der Waals surface area contributed by atoms with Crippen molar-refractivity contribution in [3.63, 3.8) is 0 Å². The molecule has 0 aliphatic heterocycles. The van der Waals surface area contributed by atoms with Crippen LogP contribution in [0.3, 0.4) is 0 Å². The van der Waals surface area contributed by atoms with E-state index in [9.17, 15) is 0 Å². The minimum absolute atomic E-state index is 0.878. The molecule has 1 aliphatic rings. The number of hydrogen-bond donors (Lipinski definition) is 0. The highest BCUT2D eigenvalue weighted by atomic mass is 32.1. The Kier molecular flexibility index (Phi) is 6.66. The maximum Gasteiger partial charge on any atom is 0.0520 e. The van der Waals surface area contributed by atoms with Gasteiger partial charge in [0.15, 0.2) is 0 Å². The third-order valence-corrected chi connectivity index (χ3v) is 9.84. The summed E-state index contributed by atoms with van der Waals surface area (Å²) in [6.07, 6.45) is 4.11. The van der Waals surface area contributed by atoms with Crippen LogP contribution in [0.25, 0.3) is 53.4 Å². The number of aryl methyl sites for hydroxylation is 1. The van der Waals surface area contributed by atoms with Crippen LogP contribution >= 0.6 is 11.3 Å². The fourth-order valence-corrected chi connectivity index (χ4v) is 7.88.